The second kappa shape index (κ2) is 4.38. The van der Waals surface area contributed by atoms with Gasteiger partial charge in [0, 0.05) is 0 Å². The zero-order valence-corrected chi connectivity index (χ0v) is 9.84. The summed E-state index contributed by atoms with van der Waals surface area (Å²) in [4.78, 5) is 15.9. The molecule has 1 aromatic heterocycles. The van der Waals surface area contributed by atoms with Crippen molar-refractivity contribution < 1.29 is 4.79 Å². The number of imidazole rings is 1. The van der Waals surface area contributed by atoms with Crippen LogP contribution in [-0.2, 0) is 11.2 Å². The van der Waals surface area contributed by atoms with E-state index in [1.807, 2.05) is 35.8 Å². The molecule has 0 bridgehead atoms. The molecular weight excluding hydrogens is 214 g/mol. The minimum absolute atomic E-state index is 0.0624. The van der Waals surface area contributed by atoms with Gasteiger partial charge in [0.2, 0.25) is 0 Å². The lowest BCUT2D eigenvalue weighted by atomic mass is 10.2. The number of para-hydroxylation sites is 2. The zero-order valence-electron chi connectivity index (χ0n) is 9.84. The average Bonchev–Trinajstić information content (AvgIpc) is 2.66. The predicted octanol–water partition coefficient (Wildman–Crippen LogP) is 2.25. The highest BCUT2D eigenvalue weighted by Gasteiger charge is 2.18. The molecule has 86 valence electrons. The standard InChI is InChI=1S/C13H13N3O/c1-9(10(2)17)16-12-6-4-3-5-11(12)15-13(16)7-8-14/h3-6,9H,7H2,1-2H3. The molecule has 1 atom stereocenters. The van der Waals surface area contributed by atoms with Crippen LogP contribution in [0.5, 0.6) is 0 Å². The van der Waals surface area contributed by atoms with E-state index in [2.05, 4.69) is 11.1 Å². The Balaban J connectivity index is 2.68. The Morgan fingerprint density at radius 2 is 2.24 bits per heavy atom. The van der Waals surface area contributed by atoms with Crippen LogP contribution in [0.4, 0.5) is 0 Å². The molecule has 0 amide bonds. The van der Waals surface area contributed by atoms with E-state index in [1.54, 1.807) is 6.92 Å². The monoisotopic (exact) mass is 227 g/mol. The second-order valence-electron chi connectivity index (χ2n) is 4.01. The Hall–Kier alpha value is -2.15. The van der Waals surface area contributed by atoms with E-state index in [9.17, 15) is 4.79 Å². The highest BCUT2D eigenvalue weighted by Crippen LogP contribution is 2.21. The fraction of sp³-hybridized carbons (Fsp3) is 0.308. The maximum Gasteiger partial charge on any atom is 0.152 e. The van der Waals surface area contributed by atoms with E-state index in [0.717, 1.165) is 11.0 Å². The Morgan fingerprint density at radius 1 is 1.53 bits per heavy atom. The number of ketones is 1. The van der Waals surface area contributed by atoms with Crippen molar-refractivity contribution in [1.29, 1.82) is 5.26 Å². The number of hydrogen-bond donors (Lipinski definition) is 0. The molecule has 17 heavy (non-hydrogen) atoms. The molecule has 4 nitrogen and oxygen atoms in total. The Kier molecular flexibility index (Phi) is 2.92. The number of carbonyl (C=O) groups excluding carboxylic acids is 1. The largest absolute Gasteiger partial charge is 0.317 e. The summed E-state index contributed by atoms with van der Waals surface area (Å²) < 4.78 is 1.85. The quantitative estimate of drug-likeness (QED) is 0.808. The van der Waals surface area contributed by atoms with Crippen molar-refractivity contribution in [3.63, 3.8) is 0 Å². The maximum atomic E-state index is 11.5. The topological polar surface area (TPSA) is 58.7 Å². The average molecular weight is 227 g/mol. The van der Waals surface area contributed by atoms with Gasteiger partial charge < -0.3 is 4.57 Å². The SMILES string of the molecule is CC(=O)C(C)n1c(CC#N)nc2ccccc21. The number of Topliss-reactive ketones (excluding diaryl/α,β-unsaturated/α-hetero) is 1. The van der Waals surface area contributed by atoms with Crippen molar-refractivity contribution in [2.24, 2.45) is 0 Å². The molecule has 2 rings (SSSR count). The van der Waals surface area contributed by atoms with Crippen molar-refractivity contribution in [2.45, 2.75) is 26.3 Å². The Bertz CT molecular complexity index is 607. The molecule has 0 saturated heterocycles. The van der Waals surface area contributed by atoms with Crippen molar-refractivity contribution in [3.05, 3.63) is 30.1 Å². The summed E-state index contributed by atoms with van der Waals surface area (Å²) in [5.74, 6) is 0.712. The van der Waals surface area contributed by atoms with Gasteiger partial charge in [-0.05, 0) is 26.0 Å². The summed E-state index contributed by atoms with van der Waals surface area (Å²) >= 11 is 0. The first-order valence-corrected chi connectivity index (χ1v) is 5.48. The fourth-order valence-corrected chi connectivity index (χ4v) is 1.90. The molecule has 1 heterocycles. The molecule has 0 fully saturated rings. The van der Waals surface area contributed by atoms with Crippen LogP contribution >= 0.6 is 0 Å². The van der Waals surface area contributed by atoms with Gasteiger partial charge in [-0.15, -0.1) is 0 Å². The molecule has 0 N–H and O–H groups in total. The summed E-state index contributed by atoms with van der Waals surface area (Å²) in [5, 5.41) is 8.80. The smallest absolute Gasteiger partial charge is 0.152 e. The van der Waals surface area contributed by atoms with Crippen molar-refractivity contribution in [3.8, 4) is 6.07 Å². The lowest BCUT2D eigenvalue weighted by molar-refractivity contribution is -0.119. The highest BCUT2D eigenvalue weighted by molar-refractivity contribution is 5.83. The van der Waals surface area contributed by atoms with Crippen LogP contribution in [0, 0.1) is 11.3 Å². The summed E-state index contributed by atoms with van der Waals surface area (Å²) in [6, 6.07) is 9.41. The maximum absolute atomic E-state index is 11.5. The van der Waals surface area contributed by atoms with E-state index in [0.29, 0.717) is 5.82 Å². The van der Waals surface area contributed by atoms with Gasteiger partial charge in [-0.25, -0.2) is 4.98 Å². The van der Waals surface area contributed by atoms with E-state index >= 15 is 0 Å². The van der Waals surface area contributed by atoms with Gasteiger partial charge in [0.15, 0.2) is 5.78 Å². The summed E-state index contributed by atoms with van der Waals surface area (Å²) in [6.07, 6.45) is 0.215. The first-order chi connectivity index (χ1) is 8.15. The Labute approximate surface area is 99.5 Å². The molecule has 0 spiro atoms. The van der Waals surface area contributed by atoms with Gasteiger partial charge in [-0.3, -0.25) is 4.79 Å². The van der Waals surface area contributed by atoms with Crippen molar-refractivity contribution in [1.82, 2.24) is 9.55 Å². The molecule has 0 aliphatic heterocycles. The molecule has 2 aromatic rings. The van der Waals surface area contributed by atoms with Crippen molar-refractivity contribution >= 4 is 16.8 Å². The third-order valence-corrected chi connectivity index (χ3v) is 2.88. The number of benzene rings is 1. The van der Waals surface area contributed by atoms with Crippen LogP contribution in [0.25, 0.3) is 11.0 Å². The molecule has 0 radical (unpaired) electrons. The molecule has 4 heteroatoms. The number of nitriles is 1. The first-order valence-electron chi connectivity index (χ1n) is 5.48. The Morgan fingerprint density at radius 3 is 2.88 bits per heavy atom. The number of nitrogens with zero attached hydrogens (tertiary/aromatic N) is 3. The van der Waals surface area contributed by atoms with E-state index in [4.69, 9.17) is 5.26 Å². The summed E-state index contributed by atoms with van der Waals surface area (Å²) in [6.45, 7) is 3.38. The summed E-state index contributed by atoms with van der Waals surface area (Å²) in [7, 11) is 0. The molecule has 0 saturated carbocycles. The van der Waals surface area contributed by atoms with Crippen LogP contribution in [0.1, 0.15) is 25.7 Å². The minimum Gasteiger partial charge on any atom is -0.317 e. The number of hydrogen-bond acceptors (Lipinski definition) is 3. The van der Waals surface area contributed by atoms with Crippen molar-refractivity contribution in [2.75, 3.05) is 0 Å². The third kappa shape index (κ3) is 1.92. The molecule has 0 aliphatic rings. The third-order valence-electron chi connectivity index (χ3n) is 2.88. The van der Waals surface area contributed by atoms with Gasteiger partial charge in [0.25, 0.3) is 0 Å². The van der Waals surface area contributed by atoms with Crippen LogP contribution in [0.2, 0.25) is 0 Å². The lowest BCUT2D eigenvalue weighted by Gasteiger charge is -2.13. The first kappa shape index (κ1) is 11.3. The minimum atomic E-state index is -0.286. The van der Waals surface area contributed by atoms with E-state index in [1.165, 1.54) is 0 Å². The van der Waals surface area contributed by atoms with Gasteiger partial charge in [-0.1, -0.05) is 12.1 Å². The zero-order chi connectivity index (χ0) is 12.4. The van der Waals surface area contributed by atoms with Gasteiger partial charge >= 0.3 is 0 Å². The number of carbonyl (C=O) groups is 1. The van der Waals surface area contributed by atoms with Gasteiger partial charge in [0.05, 0.1) is 29.6 Å². The van der Waals surface area contributed by atoms with Crippen LogP contribution < -0.4 is 0 Å². The number of aromatic nitrogens is 2. The second-order valence-corrected chi connectivity index (χ2v) is 4.01. The number of fused-ring (bicyclic) bond motifs is 1. The highest BCUT2D eigenvalue weighted by atomic mass is 16.1. The molecule has 1 unspecified atom stereocenters. The van der Waals surface area contributed by atoms with Gasteiger partial charge in [-0.2, -0.15) is 5.26 Å². The fourth-order valence-electron chi connectivity index (χ4n) is 1.90. The lowest BCUT2D eigenvalue weighted by Crippen LogP contribution is -2.15. The summed E-state index contributed by atoms with van der Waals surface area (Å²) in [5.41, 5.74) is 1.73. The molecule has 0 aliphatic carbocycles. The number of rotatable bonds is 3. The molecular formula is C13H13N3O. The van der Waals surface area contributed by atoms with Crippen LogP contribution in [0.15, 0.2) is 24.3 Å². The van der Waals surface area contributed by atoms with E-state index in [-0.39, 0.29) is 18.2 Å². The van der Waals surface area contributed by atoms with E-state index < -0.39 is 0 Å². The molecule has 1 aromatic carbocycles. The van der Waals surface area contributed by atoms with Crippen LogP contribution in [-0.4, -0.2) is 15.3 Å². The predicted molar refractivity (Wildman–Crippen MR) is 64.4 cm³/mol. The van der Waals surface area contributed by atoms with Gasteiger partial charge in [0.1, 0.15) is 5.82 Å². The van der Waals surface area contributed by atoms with Crippen LogP contribution in [0.3, 0.4) is 0 Å². The normalized spacial score (nSPS) is 12.3.